The van der Waals surface area contributed by atoms with Gasteiger partial charge in [-0.3, -0.25) is 0 Å². The summed E-state index contributed by atoms with van der Waals surface area (Å²) in [5, 5.41) is 39.5. The first-order valence-corrected chi connectivity index (χ1v) is 10.2. The number of H-pyrrole nitrogens is 2. The largest absolute Gasteiger partial charge is 0.478 e. The number of rotatable bonds is 4. The van der Waals surface area contributed by atoms with Crippen molar-refractivity contribution >= 4 is 70.2 Å². The molecular formula is C24H14N4O8Zn. The number of aromatic amines is 2. The number of nitrogens with one attached hydrogen (secondary N) is 2. The number of aromatic nitrogens is 4. The third kappa shape index (κ3) is 4.21. The molecule has 8 bridgehead atoms. The van der Waals surface area contributed by atoms with Crippen LogP contribution in [0.25, 0.3) is 46.4 Å². The molecule has 0 radical (unpaired) electrons. The van der Waals surface area contributed by atoms with E-state index in [1.54, 1.807) is 0 Å². The van der Waals surface area contributed by atoms with Crippen molar-refractivity contribution < 1.29 is 59.1 Å². The predicted molar refractivity (Wildman–Crippen MR) is 127 cm³/mol. The standard InChI is InChI=1S/C24H14N4O8.Zn/c29-21(30)17-9-1-2-10(25-9)18(22(31)32)12-5-6-14(27-12)20(24(35)36)16-8-7-15(28-16)19(23(33)34)13-4-3-11(17)26-13;/h1-8,25,28H,(H,29,30)(H,31,32)(H,33,34)(H,35,36);. The van der Waals surface area contributed by atoms with Crippen LogP contribution in [0, 0.1) is 0 Å². The molecule has 3 aromatic rings. The van der Waals surface area contributed by atoms with Gasteiger partial charge >= 0.3 is 23.9 Å². The van der Waals surface area contributed by atoms with E-state index in [4.69, 9.17) is 0 Å². The van der Waals surface area contributed by atoms with Gasteiger partial charge in [-0.25, -0.2) is 29.1 Å². The van der Waals surface area contributed by atoms with E-state index in [1.165, 1.54) is 48.6 Å². The summed E-state index contributed by atoms with van der Waals surface area (Å²) >= 11 is 0. The summed E-state index contributed by atoms with van der Waals surface area (Å²) in [5.41, 5.74) is -1.38. The maximum atomic E-state index is 12.1. The molecule has 0 atom stereocenters. The summed E-state index contributed by atoms with van der Waals surface area (Å²) in [4.78, 5) is 62.4. The van der Waals surface area contributed by atoms with E-state index in [1.807, 2.05) is 0 Å². The Labute approximate surface area is 218 Å². The van der Waals surface area contributed by atoms with Crippen LogP contribution in [0.2, 0.25) is 0 Å². The Bertz CT molecular complexity index is 1520. The fourth-order valence-electron chi connectivity index (χ4n) is 4.11. The molecule has 0 aliphatic carbocycles. The summed E-state index contributed by atoms with van der Waals surface area (Å²) in [7, 11) is 0. The molecule has 37 heavy (non-hydrogen) atoms. The van der Waals surface area contributed by atoms with E-state index in [2.05, 4.69) is 19.9 Å². The van der Waals surface area contributed by atoms with E-state index in [0.717, 1.165) is 0 Å². The van der Waals surface area contributed by atoms with Crippen molar-refractivity contribution in [1.82, 2.24) is 19.9 Å². The molecule has 6 N–H and O–H groups in total. The number of hydrogen-bond acceptors (Lipinski definition) is 6. The Morgan fingerprint density at radius 1 is 0.486 bits per heavy atom. The molecule has 0 unspecified atom stereocenters. The molecule has 2 aliphatic rings. The first-order chi connectivity index (χ1) is 17.2. The molecule has 12 nitrogen and oxygen atoms in total. The second kappa shape index (κ2) is 9.28. The zero-order valence-corrected chi connectivity index (χ0v) is 21.6. The van der Waals surface area contributed by atoms with Gasteiger partial charge in [0.2, 0.25) is 0 Å². The average Bonchev–Trinajstić information content (AvgIpc) is 3.57. The van der Waals surface area contributed by atoms with Gasteiger partial charge in [0.1, 0.15) is 22.3 Å². The van der Waals surface area contributed by atoms with Gasteiger partial charge in [-0.2, -0.15) is 0 Å². The summed E-state index contributed by atoms with van der Waals surface area (Å²) < 4.78 is 0. The quantitative estimate of drug-likeness (QED) is 0.179. The van der Waals surface area contributed by atoms with Crippen LogP contribution in [0.4, 0.5) is 0 Å². The zero-order valence-electron chi connectivity index (χ0n) is 18.6. The van der Waals surface area contributed by atoms with Crippen molar-refractivity contribution in [3.05, 3.63) is 69.3 Å². The number of carboxylic acid groups (broad SMARTS) is 4. The number of carbonyl (C=O) groups is 4. The third-order valence-corrected chi connectivity index (χ3v) is 5.61. The normalized spacial score (nSPS) is 11.7. The van der Waals surface area contributed by atoms with Crippen LogP contribution in [0.3, 0.4) is 0 Å². The van der Waals surface area contributed by atoms with Gasteiger partial charge in [0.05, 0.1) is 44.8 Å². The number of aromatic carboxylic acids is 4. The fraction of sp³-hybridized carbons (Fsp3) is 0. The minimum absolute atomic E-state index is 0. The molecule has 13 heteroatoms. The average molecular weight is 552 g/mol. The van der Waals surface area contributed by atoms with E-state index >= 15 is 0 Å². The van der Waals surface area contributed by atoms with E-state index in [0.29, 0.717) is 0 Å². The van der Waals surface area contributed by atoms with Crippen molar-refractivity contribution in [3.8, 4) is 0 Å². The monoisotopic (exact) mass is 550 g/mol. The summed E-state index contributed by atoms with van der Waals surface area (Å²) in [5.74, 6) is -5.50. The van der Waals surface area contributed by atoms with Gasteiger partial charge in [0.25, 0.3) is 0 Å². The fourth-order valence-corrected chi connectivity index (χ4v) is 4.11. The van der Waals surface area contributed by atoms with Crippen molar-refractivity contribution in [1.29, 1.82) is 0 Å². The Hall–Kier alpha value is -4.90. The summed E-state index contributed by atoms with van der Waals surface area (Å²) in [6.45, 7) is 0. The molecule has 0 fully saturated rings. The Balaban J connectivity index is 0.00000320. The van der Waals surface area contributed by atoms with Gasteiger partial charge in [0, 0.05) is 19.5 Å². The van der Waals surface area contributed by atoms with E-state index in [9.17, 15) is 39.6 Å². The Morgan fingerprint density at radius 2 is 0.703 bits per heavy atom. The van der Waals surface area contributed by atoms with Crippen LogP contribution in [-0.2, 0) is 19.5 Å². The molecule has 0 saturated carbocycles. The molecule has 5 rings (SSSR count). The molecule has 0 aromatic carbocycles. The Kier molecular flexibility index (Phi) is 6.32. The van der Waals surface area contributed by atoms with Crippen LogP contribution < -0.4 is 0 Å². The maximum Gasteiger partial charge on any atom is 0.340 e. The van der Waals surface area contributed by atoms with Gasteiger partial charge in [-0.15, -0.1) is 0 Å². The minimum atomic E-state index is -1.38. The molecule has 0 saturated heterocycles. The zero-order chi connectivity index (χ0) is 25.7. The number of carboxylic acids is 4. The smallest absolute Gasteiger partial charge is 0.340 e. The summed E-state index contributed by atoms with van der Waals surface area (Å²) in [6.07, 6.45) is 5.30. The first kappa shape index (κ1) is 25.2. The van der Waals surface area contributed by atoms with E-state index < -0.39 is 23.9 Å². The molecule has 2 aliphatic heterocycles. The van der Waals surface area contributed by atoms with Crippen LogP contribution in [-0.4, -0.2) is 64.2 Å². The van der Waals surface area contributed by atoms with Crippen LogP contribution >= 0.6 is 0 Å². The number of nitrogens with zero attached hydrogens (tertiary/aromatic N) is 2. The van der Waals surface area contributed by atoms with Crippen molar-refractivity contribution in [2.24, 2.45) is 0 Å². The van der Waals surface area contributed by atoms with Gasteiger partial charge in [-0.05, 0) is 48.6 Å². The molecule has 3 aromatic heterocycles. The predicted octanol–water partition coefficient (Wildman–Crippen LogP) is 3.45. The van der Waals surface area contributed by atoms with Gasteiger partial charge < -0.3 is 30.4 Å². The molecular weight excluding hydrogens is 538 g/mol. The van der Waals surface area contributed by atoms with Crippen LogP contribution in [0.5, 0.6) is 0 Å². The number of hydrogen-bond donors (Lipinski definition) is 6. The molecule has 0 amide bonds. The van der Waals surface area contributed by atoms with Crippen LogP contribution in [0.15, 0.2) is 24.3 Å². The van der Waals surface area contributed by atoms with Gasteiger partial charge in [-0.1, -0.05) is 0 Å². The summed E-state index contributed by atoms with van der Waals surface area (Å²) in [6, 6.07) is 5.41. The van der Waals surface area contributed by atoms with Crippen molar-refractivity contribution in [2.45, 2.75) is 0 Å². The van der Waals surface area contributed by atoms with Crippen molar-refractivity contribution in [3.63, 3.8) is 0 Å². The second-order valence-corrected chi connectivity index (χ2v) is 7.72. The molecule has 180 valence electrons. The minimum Gasteiger partial charge on any atom is -0.478 e. The Morgan fingerprint density at radius 3 is 0.892 bits per heavy atom. The second-order valence-electron chi connectivity index (χ2n) is 7.72. The molecule has 5 heterocycles. The number of fused-ring (bicyclic) bond motifs is 8. The third-order valence-electron chi connectivity index (χ3n) is 5.61. The van der Waals surface area contributed by atoms with Crippen LogP contribution in [0.1, 0.15) is 64.2 Å². The van der Waals surface area contributed by atoms with E-state index in [-0.39, 0.29) is 86.6 Å². The van der Waals surface area contributed by atoms with Crippen molar-refractivity contribution in [2.75, 3.05) is 0 Å². The molecule has 0 spiro atoms. The van der Waals surface area contributed by atoms with Gasteiger partial charge in [0.15, 0.2) is 0 Å². The topological polar surface area (TPSA) is 207 Å². The maximum absolute atomic E-state index is 12.1. The SMILES string of the molecule is O=C(O)c1c2nc(c(C(=O)O)c3ccc([nH]3)c(C(=O)O)c3nc(c(C(=O)O)c4ccc1[nH]4)C=C3)C=C2.[Zn]. The first-order valence-electron chi connectivity index (χ1n) is 10.2.